The van der Waals surface area contributed by atoms with E-state index in [4.69, 9.17) is 14.2 Å². The van der Waals surface area contributed by atoms with E-state index in [0.29, 0.717) is 11.8 Å². The second kappa shape index (κ2) is 20.0. The number of ether oxygens (including phenoxy) is 3. The highest BCUT2D eigenvalue weighted by Crippen LogP contribution is 2.35. The molecule has 0 N–H and O–H groups in total. The minimum atomic E-state index is 0.558. The average molecular weight is 675 g/mol. The van der Waals surface area contributed by atoms with Gasteiger partial charge in [0.15, 0.2) is 0 Å². The molecule has 0 bridgehead atoms. The zero-order valence-electron chi connectivity index (χ0n) is 32.2. The summed E-state index contributed by atoms with van der Waals surface area (Å²) >= 11 is 0. The maximum absolute atomic E-state index is 6.50. The molecule has 0 saturated heterocycles. The standard InChI is InChI=1S/C47H62O3/c1-9-12-17-37(11-3)33-50-47-32-42(46(48-8)31-41(47)14-10-2)21-19-38-29-40-20-18-36(7)28-44(40)45(30-38)39-22-24-43(25-23-39)49-27-26-35(6)16-13-15-34(4)5/h10,14,18-25,28-32,34-35,37H,9,11-13,15-17,26-27,33H2,1-8H3/b14-10+,21-19+. The molecule has 0 spiro atoms. The van der Waals surface area contributed by atoms with Crippen molar-refractivity contribution in [3.05, 3.63) is 95.1 Å². The predicted octanol–water partition coefficient (Wildman–Crippen LogP) is 13.9. The van der Waals surface area contributed by atoms with Crippen LogP contribution in [0.2, 0.25) is 0 Å². The summed E-state index contributed by atoms with van der Waals surface area (Å²) in [5.74, 6) is 4.69. The molecule has 0 amide bonds. The first kappa shape index (κ1) is 38.8. The van der Waals surface area contributed by atoms with Gasteiger partial charge in [0, 0.05) is 11.1 Å². The smallest absolute Gasteiger partial charge is 0.127 e. The highest BCUT2D eigenvalue weighted by molar-refractivity contribution is 5.99. The first-order valence-electron chi connectivity index (χ1n) is 19.2. The molecular weight excluding hydrogens is 613 g/mol. The van der Waals surface area contributed by atoms with Crippen molar-refractivity contribution < 1.29 is 14.2 Å². The number of methoxy groups -OCH3 is 1. The molecule has 0 aliphatic rings. The molecule has 4 aromatic carbocycles. The number of hydrogen-bond donors (Lipinski definition) is 0. The summed E-state index contributed by atoms with van der Waals surface area (Å²) in [4.78, 5) is 0. The Labute approximate surface area is 303 Å². The molecule has 268 valence electrons. The second-order valence-corrected chi connectivity index (χ2v) is 14.6. The van der Waals surface area contributed by atoms with Crippen molar-refractivity contribution in [2.75, 3.05) is 20.3 Å². The van der Waals surface area contributed by atoms with Gasteiger partial charge >= 0.3 is 0 Å². The molecule has 0 heterocycles. The molecular formula is C47H62O3. The van der Waals surface area contributed by atoms with Gasteiger partial charge in [0.1, 0.15) is 17.2 Å². The van der Waals surface area contributed by atoms with Gasteiger partial charge in [0.25, 0.3) is 0 Å². The predicted molar refractivity (Wildman–Crippen MR) is 218 cm³/mol. The quantitative estimate of drug-likeness (QED) is 0.0873. The highest BCUT2D eigenvalue weighted by atomic mass is 16.5. The van der Waals surface area contributed by atoms with Crippen LogP contribution in [0.3, 0.4) is 0 Å². The Morgan fingerprint density at radius 3 is 2.18 bits per heavy atom. The lowest BCUT2D eigenvalue weighted by Gasteiger charge is -2.18. The van der Waals surface area contributed by atoms with Crippen molar-refractivity contribution >= 4 is 29.0 Å². The zero-order chi connectivity index (χ0) is 35.9. The van der Waals surface area contributed by atoms with Gasteiger partial charge in [-0.15, -0.1) is 0 Å². The van der Waals surface area contributed by atoms with E-state index < -0.39 is 0 Å². The topological polar surface area (TPSA) is 27.7 Å². The van der Waals surface area contributed by atoms with Crippen molar-refractivity contribution in [3.8, 4) is 28.4 Å². The molecule has 0 fully saturated rings. The molecule has 3 heteroatoms. The fraction of sp³-hybridized carbons (Fsp3) is 0.447. The van der Waals surface area contributed by atoms with Crippen LogP contribution in [0.15, 0.2) is 72.8 Å². The SMILES string of the molecule is C/C=C/c1cc(OC)c(/C=C/c2cc(-c3ccc(OCCC(C)CCCC(C)C)cc3)c3cc(C)ccc3c2)cc1OCC(CC)CCCC. The van der Waals surface area contributed by atoms with Crippen LogP contribution in [0, 0.1) is 24.7 Å². The number of allylic oxidation sites excluding steroid dienone is 1. The molecule has 3 nitrogen and oxygen atoms in total. The van der Waals surface area contributed by atoms with Crippen LogP contribution >= 0.6 is 0 Å². The van der Waals surface area contributed by atoms with Gasteiger partial charge in [-0.1, -0.05) is 133 Å². The minimum Gasteiger partial charge on any atom is -0.496 e. The van der Waals surface area contributed by atoms with E-state index in [1.807, 2.05) is 6.92 Å². The van der Waals surface area contributed by atoms with Crippen LogP contribution in [0.5, 0.6) is 17.2 Å². The van der Waals surface area contributed by atoms with Gasteiger partial charge in [-0.05, 0) is 108 Å². The minimum absolute atomic E-state index is 0.558. The monoisotopic (exact) mass is 674 g/mol. The van der Waals surface area contributed by atoms with E-state index in [2.05, 4.69) is 133 Å². The lowest BCUT2D eigenvalue weighted by atomic mass is 9.94. The first-order chi connectivity index (χ1) is 24.2. The summed E-state index contributed by atoms with van der Waals surface area (Å²) in [6.45, 7) is 17.2. The molecule has 0 aliphatic heterocycles. The number of unbranched alkanes of at least 4 members (excludes halogenated alkanes) is 1. The third kappa shape index (κ3) is 11.5. The van der Waals surface area contributed by atoms with E-state index >= 15 is 0 Å². The summed E-state index contributed by atoms with van der Waals surface area (Å²) < 4.78 is 18.6. The van der Waals surface area contributed by atoms with Crippen LogP contribution in [0.25, 0.3) is 40.1 Å². The number of fused-ring (bicyclic) bond motifs is 1. The maximum atomic E-state index is 6.50. The Hall–Kier alpha value is -3.98. The molecule has 0 aromatic heterocycles. The summed E-state index contributed by atoms with van der Waals surface area (Å²) in [7, 11) is 1.74. The third-order valence-electron chi connectivity index (χ3n) is 9.84. The maximum Gasteiger partial charge on any atom is 0.127 e. The van der Waals surface area contributed by atoms with Gasteiger partial charge in [0.05, 0.1) is 20.3 Å². The average Bonchev–Trinajstić information content (AvgIpc) is 3.11. The summed E-state index contributed by atoms with van der Waals surface area (Å²) in [5, 5.41) is 2.47. The molecule has 0 saturated carbocycles. The number of rotatable bonds is 20. The summed E-state index contributed by atoms with van der Waals surface area (Å²) in [6.07, 6.45) is 18.3. The molecule has 50 heavy (non-hydrogen) atoms. The Bertz CT molecular complexity index is 1680. The van der Waals surface area contributed by atoms with Crippen molar-refractivity contribution in [2.45, 2.75) is 99.8 Å². The third-order valence-corrected chi connectivity index (χ3v) is 9.84. The Kier molecular flexibility index (Phi) is 15.5. The fourth-order valence-corrected chi connectivity index (χ4v) is 6.58. The van der Waals surface area contributed by atoms with Crippen molar-refractivity contribution in [2.24, 2.45) is 17.8 Å². The van der Waals surface area contributed by atoms with Crippen molar-refractivity contribution in [1.82, 2.24) is 0 Å². The van der Waals surface area contributed by atoms with Crippen LogP contribution < -0.4 is 14.2 Å². The molecule has 0 aliphatic carbocycles. The Morgan fingerprint density at radius 1 is 0.720 bits per heavy atom. The van der Waals surface area contributed by atoms with E-state index in [1.54, 1.807) is 7.11 Å². The van der Waals surface area contributed by atoms with E-state index in [9.17, 15) is 0 Å². The molecule has 4 aromatic rings. The number of benzene rings is 4. The van der Waals surface area contributed by atoms with Gasteiger partial charge in [-0.3, -0.25) is 0 Å². The lowest BCUT2D eigenvalue weighted by molar-refractivity contribution is 0.232. The van der Waals surface area contributed by atoms with Crippen molar-refractivity contribution in [1.29, 1.82) is 0 Å². The van der Waals surface area contributed by atoms with Crippen LogP contribution in [-0.2, 0) is 0 Å². The summed E-state index contributed by atoms with van der Waals surface area (Å²) in [6, 6.07) is 24.1. The van der Waals surface area contributed by atoms with Gasteiger partial charge in [-0.25, -0.2) is 0 Å². The molecule has 2 atom stereocenters. The molecule has 0 radical (unpaired) electrons. The lowest BCUT2D eigenvalue weighted by Crippen LogP contribution is -2.12. The Morgan fingerprint density at radius 2 is 1.48 bits per heavy atom. The highest BCUT2D eigenvalue weighted by Gasteiger charge is 2.13. The van der Waals surface area contributed by atoms with E-state index in [0.717, 1.165) is 65.9 Å². The van der Waals surface area contributed by atoms with Gasteiger partial charge in [-0.2, -0.15) is 0 Å². The first-order valence-corrected chi connectivity index (χ1v) is 19.2. The largest absolute Gasteiger partial charge is 0.496 e. The summed E-state index contributed by atoms with van der Waals surface area (Å²) in [5.41, 5.74) is 6.83. The number of aryl methyl sites for hydroxylation is 1. The van der Waals surface area contributed by atoms with E-state index in [1.165, 1.54) is 66.0 Å². The van der Waals surface area contributed by atoms with Gasteiger partial charge < -0.3 is 14.2 Å². The van der Waals surface area contributed by atoms with Crippen molar-refractivity contribution in [3.63, 3.8) is 0 Å². The fourth-order valence-electron chi connectivity index (χ4n) is 6.58. The molecule has 2 unspecified atom stereocenters. The zero-order valence-corrected chi connectivity index (χ0v) is 32.2. The van der Waals surface area contributed by atoms with E-state index in [-0.39, 0.29) is 0 Å². The second-order valence-electron chi connectivity index (χ2n) is 14.6. The van der Waals surface area contributed by atoms with Crippen LogP contribution in [-0.4, -0.2) is 20.3 Å². The van der Waals surface area contributed by atoms with Crippen LogP contribution in [0.1, 0.15) is 115 Å². The molecule has 4 rings (SSSR count). The van der Waals surface area contributed by atoms with Crippen LogP contribution in [0.4, 0.5) is 0 Å². The Balaban J connectivity index is 1.58. The normalized spacial score (nSPS) is 13.1. The van der Waals surface area contributed by atoms with Gasteiger partial charge in [0.2, 0.25) is 0 Å². The number of hydrogen-bond acceptors (Lipinski definition) is 3.